The number of nitrogens with two attached hydrogens (primary N) is 1. The molecule has 4 aromatic rings. The highest BCUT2D eigenvalue weighted by Gasteiger charge is 2.46. The Hall–Kier alpha value is -3.70. The van der Waals surface area contributed by atoms with Crippen LogP contribution in [0.4, 0.5) is 19.6 Å². The van der Waals surface area contributed by atoms with Gasteiger partial charge in [0.25, 0.3) is 0 Å². The summed E-state index contributed by atoms with van der Waals surface area (Å²) in [5.41, 5.74) is 7.35. The Morgan fingerprint density at radius 3 is 2.67 bits per heavy atom. The SMILES string of the molecule is C[C@@H]1COC[C@@H](C)N(CC2(COc3nc(NCC4(N(C)C)CCC4)c4cnc(-c5cc(F)c(F)c6sc(N)c(C#N)c56)cc4n3)CC2)C1. The standard InChI is InChI=1S/C35H42F2N8O2S/c1-20-14-45(21(2)16-46-15-20)18-34(8-9-34)19-47-33-42-27-11-26(22-10-25(36)29(37)30-28(22)23(12-38)31(39)48-30)40-13-24(27)32(43-33)41-17-35(44(3)4)6-5-7-35/h10-11,13,20-21H,5-9,14-19,39H2,1-4H3,(H,41,42,43)/t20-,21+/m0/s1. The number of benzene rings is 1. The summed E-state index contributed by atoms with van der Waals surface area (Å²) in [5.74, 6) is -0.998. The van der Waals surface area contributed by atoms with Crippen LogP contribution in [-0.2, 0) is 4.74 Å². The van der Waals surface area contributed by atoms with Crippen LogP contribution < -0.4 is 15.8 Å². The molecule has 3 N–H and O–H groups in total. The van der Waals surface area contributed by atoms with Crippen molar-refractivity contribution in [1.29, 1.82) is 5.26 Å². The third kappa shape index (κ3) is 6.04. The second-order valence-corrected chi connectivity index (χ2v) is 15.4. The molecule has 2 atom stereocenters. The topological polar surface area (TPSA) is 125 Å². The number of hydrogen-bond donors (Lipinski definition) is 2. The Morgan fingerprint density at radius 2 is 1.98 bits per heavy atom. The molecule has 4 heterocycles. The van der Waals surface area contributed by atoms with Gasteiger partial charge in [-0.05, 0) is 71.2 Å². The van der Waals surface area contributed by atoms with E-state index in [2.05, 4.69) is 54.1 Å². The minimum atomic E-state index is -1.04. The quantitative estimate of drug-likeness (QED) is 0.205. The molecule has 0 radical (unpaired) electrons. The average molecular weight is 677 g/mol. The minimum absolute atomic E-state index is 0.0149. The number of nitrogens with zero attached hydrogens (tertiary/aromatic N) is 6. The van der Waals surface area contributed by atoms with Crippen LogP contribution >= 0.6 is 11.3 Å². The lowest BCUT2D eigenvalue weighted by molar-refractivity contribution is 0.0738. The fourth-order valence-corrected chi connectivity index (χ4v) is 8.05. The number of nitrogen functional groups attached to an aromatic ring is 1. The van der Waals surface area contributed by atoms with Crippen molar-refractivity contribution < 1.29 is 18.3 Å². The van der Waals surface area contributed by atoms with Crippen LogP contribution in [-0.4, -0.2) is 89.9 Å². The number of ether oxygens (including phenoxy) is 2. The summed E-state index contributed by atoms with van der Waals surface area (Å²) in [4.78, 5) is 19.1. The zero-order valence-electron chi connectivity index (χ0n) is 27.9. The van der Waals surface area contributed by atoms with Gasteiger partial charge in [0.05, 0.1) is 46.7 Å². The predicted octanol–water partition coefficient (Wildman–Crippen LogP) is 6.05. The first-order valence-corrected chi connectivity index (χ1v) is 17.5. The van der Waals surface area contributed by atoms with E-state index < -0.39 is 11.6 Å². The number of aromatic nitrogens is 3. The van der Waals surface area contributed by atoms with Crippen molar-refractivity contribution in [3.63, 3.8) is 0 Å². The molecule has 3 aliphatic rings. The molecule has 0 unspecified atom stereocenters. The van der Waals surface area contributed by atoms with Gasteiger partial charge >= 0.3 is 6.01 Å². The van der Waals surface area contributed by atoms with Gasteiger partial charge in [-0.1, -0.05) is 6.92 Å². The van der Waals surface area contributed by atoms with E-state index in [1.54, 1.807) is 12.3 Å². The molecule has 0 spiro atoms. The molecule has 0 bridgehead atoms. The number of nitrogens with one attached hydrogen (secondary N) is 1. The monoisotopic (exact) mass is 676 g/mol. The maximum Gasteiger partial charge on any atom is 0.318 e. The molecule has 2 aliphatic carbocycles. The highest BCUT2D eigenvalue weighted by atomic mass is 32.1. The molecular formula is C35H42F2N8O2S. The van der Waals surface area contributed by atoms with Gasteiger partial charge < -0.3 is 25.4 Å². The van der Waals surface area contributed by atoms with Crippen LogP contribution in [0.25, 0.3) is 32.2 Å². The number of thiophene rings is 1. The molecule has 48 heavy (non-hydrogen) atoms. The van der Waals surface area contributed by atoms with Gasteiger partial charge in [-0.2, -0.15) is 15.2 Å². The molecule has 10 nitrogen and oxygen atoms in total. The molecule has 1 aliphatic heterocycles. The number of pyridine rings is 1. The number of nitriles is 1. The summed E-state index contributed by atoms with van der Waals surface area (Å²) in [6.07, 6.45) is 7.12. The van der Waals surface area contributed by atoms with Crippen molar-refractivity contribution in [2.24, 2.45) is 11.3 Å². The summed E-state index contributed by atoms with van der Waals surface area (Å²) in [6.45, 7) is 9.05. The fourth-order valence-electron chi connectivity index (χ4n) is 7.08. The van der Waals surface area contributed by atoms with E-state index in [1.807, 2.05) is 0 Å². The first-order valence-electron chi connectivity index (χ1n) is 16.7. The smallest absolute Gasteiger partial charge is 0.318 e. The van der Waals surface area contributed by atoms with Crippen molar-refractivity contribution in [1.82, 2.24) is 24.8 Å². The molecule has 2 saturated carbocycles. The van der Waals surface area contributed by atoms with Crippen molar-refractivity contribution in [3.8, 4) is 23.3 Å². The molecule has 1 saturated heterocycles. The highest BCUT2D eigenvalue weighted by molar-refractivity contribution is 7.23. The van der Waals surface area contributed by atoms with Crippen LogP contribution in [0, 0.1) is 34.3 Å². The van der Waals surface area contributed by atoms with E-state index in [1.165, 1.54) is 6.42 Å². The number of anilines is 2. The molecule has 3 aromatic heterocycles. The summed E-state index contributed by atoms with van der Waals surface area (Å²) in [5, 5.41) is 14.4. The number of halogens is 2. The lowest BCUT2D eigenvalue weighted by Crippen LogP contribution is -2.54. The van der Waals surface area contributed by atoms with E-state index in [0.717, 1.165) is 69.4 Å². The summed E-state index contributed by atoms with van der Waals surface area (Å²) < 4.78 is 42.0. The number of likely N-dealkylation sites (N-methyl/N-ethyl adjacent to an activating group) is 1. The van der Waals surface area contributed by atoms with Crippen molar-refractivity contribution in [3.05, 3.63) is 35.5 Å². The van der Waals surface area contributed by atoms with Gasteiger partial charge in [0.15, 0.2) is 11.6 Å². The minimum Gasteiger partial charge on any atom is -0.463 e. The summed E-state index contributed by atoms with van der Waals surface area (Å²) in [6, 6.07) is 5.42. The van der Waals surface area contributed by atoms with Crippen LogP contribution in [0.1, 0.15) is 51.5 Å². The molecule has 7 rings (SSSR count). The van der Waals surface area contributed by atoms with E-state index in [9.17, 15) is 14.0 Å². The largest absolute Gasteiger partial charge is 0.463 e. The maximum absolute atomic E-state index is 14.9. The molecule has 254 valence electrons. The average Bonchev–Trinajstić information content (AvgIpc) is 3.75. The molecule has 0 amide bonds. The Labute approximate surface area is 283 Å². The molecule has 3 fully saturated rings. The zero-order chi connectivity index (χ0) is 33.8. The normalized spacial score (nSPS) is 22.0. The van der Waals surface area contributed by atoms with Crippen molar-refractivity contribution >= 4 is 43.1 Å². The predicted molar refractivity (Wildman–Crippen MR) is 184 cm³/mol. The van der Waals surface area contributed by atoms with Crippen LogP contribution in [0.2, 0.25) is 0 Å². The first kappa shape index (κ1) is 32.8. The Kier molecular flexibility index (Phi) is 8.64. The van der Waals surface area contributed by atoms with E-state index in [-0.39, 0.29) is 43.2 Å². The molecular weight excluding hydrogens is 635 g/mol. The summed E-state index contributed by atoms with van der Waals surface area (Å²) >= 11 is 0.851. The lowest BCUT2D eigenvalue weighted by Gasteiger charge is -2.47. The molecule has 1 aromatic carbocycles. The third-order valence-electron chi connectivity index (χ3n) is 10.6. The van der Waals surface area contributed by atoms with Gasteiger partial charge in [-0.25, -0.2) is 8.78 Å². The number of hydrogen-bond acceptors (Lipinski definition) is 11. The summed E-state index contributed by atoms with van der Waals surface area (Å²) in [7, 11) is 4.20. The van der Waals surface area contributed by atoms with Crippen LogP contribution in [0.3, 0.4) is 0 Å². The van der Waals surface area contributed by atoms with Gasteiger partial charge in [0, 0.05) is 53.8 Å². The first-order chi connectivity index (χ1) is 23.0. The van der Waals surface area contributed by atoms with Gasteiger partial charge in [-0.3, -0.25) is 9.88 Å². The maximum atomic E-state index is 14.9. The Morgan fingerprint density at radius 1 is 1.19 bits per heavy atom. The van der Waals surface area contributed by atoms with E-state index in [0.29, 0.717) is 47.5 Å². The lowest BCUT2D eigenvalue weighted by atomic mass is 9.75. The molecule has 13 heteroatoms. The Bertz CT molecular complexity index is 1900. The van der Waals surface area contributed by atoms with Crippen LogP contribution in [0.15, 0.2) is 18.3 Å². The van der Waals surface area contributed by atoms with Crippen LogP contribution in [0.5, 0.6) is 6.01 Å². The van der Waals surface area contributed by atoms with Crippen molar-refractivity contribution in [2.45, 2.75) is 57.5 Å². The van der Waals surface area contributed by atoms with Gasteiger partial charge in [0.2, 0.25) is 0 Å². The second-order valence-electron chi connectivity index (χ2n) is 14.4. The fraction of sp³-hybridized carbons (Fsp3) is 0.543. The number of fused-ring (bicyclic) bond motifs is 2. The Balaban J connectivity index is 1.24. The van der Waals surface area contributed by atoms with Crippen molar-refractivity contribution in [2.75, 3.05) is 64.6 Å². The van der Waals surface area contributed by atoms with E-state index in [4.69, 9.17) is 25.2 Å². The second kappa shape index (κ2) is 12.6. The third-order valence-corrected chi connectivity index (χ3v) is 11.6. The van der Waals surface area contributed by atoms with Gasteiger partial charge in [0.1, 0.15) is 16.9 Å². The zero-order valence-corrected chi connectivity index (χ0v) is 28.7. The van der Waals surface area contributed by atoms with Gasteiger partial charge in [-0.15, -0.1) is 11.3 Å². The number of rotatable bonds is 10. The highest BCUT2D eigenvalue weighted by Crippen LogP contribution is 2.47. The van der Waals surface area contributed by atoms with E-state index >= 15 is 0 Å².